The molecule has 1 nitrogen and oxygen atoms in total. The van der Waals surface area contributed by atoms with Gasteiger partial charge in [-0.2, -0.15) is 0 Å². The van der Waals surface area contributed by atoms with E-state index >= 15 is 0 Å². The van der Waals surface area contributed by atoms with Crippen molar-refractivity contribution in [3.63, 3.8) is 0 Å². The molecule has 0 aliphatic rings. The summed E-state index contributed by atoms with van der Waals surface area (Å²) in [6, 6.07) is 84.0. The van der Waals surface area contributed by atoms with Crippen LogP contribution in [-0.2, 0) is 0 Å². The molecular formula is C62H38O. The summed E-state index contributed by atoms with van der Waals surface area (Å²) in [6.45, 7) is 0. The summed E-state index contributed by atoms with van der Waals surface area (Å²) in [5.41, 5.74) is 13.9. The molecule has 12 aromatic carbocycles. The minimum atomic E-state index is 0.879. The van der Waals surface area contributed by atoms with Crippen LogP contribution in [0.2, 0.25) is 0 Å². The highest BCUT2D eigenvalue weighted by molar-refractivity contribution is 6.26. The molecule has 0 saturated heterocycles. The number of furan rings is 1. The molecule has 0 radical (unpaired) electrons. The summed E-state index contributed by atoms with van der Waals surface area (Å²) >= 11 is 0. The van der Waals surface area contributed by atoms with Crippen LogP contribution in [0.25, 0.3) is 131 Å². The van der Waals surface area contributed by atoms with Crippen molar-refractivity contribution in [3.05, 3.63) is 231 Å². The molecule has 292 valence electrons. The Kier molecular flexibility index (Phi) is 7.98. The fraction of sp³-hybridized carbons (Fsp3) is 0. The van der Waals surface area contributed by atoms with Gasteiger partial charge in [-0.1, -0.05) is 218 Å². The maximum Gasteiger partial charge on any atom is 0.143 e. The van der Waals surface area contributed by atoms with Gasteiger partial charge in [-0.3, -0.25) is 0 Å². The summed E-state index contributed by atoms with van der Waals surface area (Å²) in [5.74, 6) is 0. The lowest BCUT2D eigenvalue weighted by Crippen LogP contribution is -1.92. The van der Waals surface area contributed by atoms with Crippen LogP contribution < -0.4 is 0 Å². The molecule has 0 aliphatic heterocycles. The molecule has 0 amide bonds. The molecule has 0 atom stereocenters. The molecule has 0 spiro atoms. The number of hydrogen-bond donors (Lipinski definition) is 0. The fourth-order valence-corrected chi connectivity index (χ4v) is 10.6. The lowest BCUT2D eigenvalue weighted by atomic mass is 9.83. The van der Waals surface area contributed by atoms with Gasteiger partial charge in [0.25, 0.3) is 0 Å². The lowest BCUT2D eigenvalue weighted by Gasteiger charge is -2.19. The monoisotopic (exact) mass is 798 g/mol. The predicted molar refractivity (Wildman–Crippen MR) is 268 cm³/mol. The van der Waals surface area contributed by atoms with Crippen molar-refractivity contribution >= 4 is 75.8 Å². The van der Waals surface area contributed by atoms with Crippen LogP contribution in [0.1, 0.15) is 0 Å². The minimum Gasteiger partial charge on any atom is -0.455 e. The summed E-state index contributed by atoms with van der Waals surface area (Å²) in [5, 5.41) is 14.5. The average molecular weight is 799 g/mol. The smallest absolute Gasteiger partial charge is 0.143 e. The Hall–Kier alpha value is -8.26. The van der Waals surface area contributed by atoms with Crippen LogP contribution in [0.4, 0.5) is 0 Å². The molecule has 0 bridgehead atoms. The van der Waals surface area contributed by atoms with Gasteiger partial charge in [0, 0.05) is 21.9 Å². The van der Waals surface area contributed by atoms with Gasteiger partial charge in [-0.25, -0.2) is 0 Å². The predicted octanol–water partition coefficient (Wildman–Crippen LogP) is 17.7. The number of rotatable bonds is 5. The molecule has 0 saturated carbocycles. The quantitative estimate of drug-likeness (QED) is 0.158. The molecule has 0 aliphatic carbocycles. The molecule has 1 heterocycles. The Morgan fingerprint density at radius 2 is 0.603 bits per heavy atom. The average Bonchev–Trinajstić information content (AvgIpc) is 3.73. The first-order chi connectivity index (χ1) is 31.3. The minimum absolute atomic E-state index is 0.879. The fourth-order valence-electron chi connectivity index (χ4n) is 10.6. The van der Waals surface area contributed by atoms with E-state index in [1.165, 1.54) is 98.4 Å². The third-order valence-electron chi connectivity index (χ3n) is 13.3. The van der Waals surface area contributed by atoms with E-state index in [0.717, 1.165) is 33.1 Å². The van der Waals surface area contributed by atoms with Crippen molar-refractivity contribution in [2.45, 2.75) is 0 Å². The van der Waals surface area contributed by atoms with Gasteiger partial charge < -0.3 is 4.42 Å². The van der Waals surface area contributed by atoms with Gasteiger partial charge in [0.1, 0.15) is 11.2 Å². The molecule has 0 fully saturated rings. The van der Waals surface area contributed by atoms with Crippen molar-refractivity contribution in [2.75, 3.05) is 0 Å². The first-order valence-corrected chi connectivity index (χ1v) is 21.8. The molecule has 1 aromatic heterocycles. The zero-order chi connectivity index (χ0) is 41.4. The van der Waals surface area contributed by atoms with E-state index in [-0.39, 0.29) is 0 Å². The van der Waals surface area contributed by atoms with E-state index in [0.29, 0.717) is 0 Å². The van der Waals surface area contributed by atoms with Crippen LogP contribution in [-0.4, -0.2) is 0 Å². The summed E-state index contributed by atoms with van der Waals surface area (Å²) in [7, 11) is 0. The van der Waals surface area contributed by atoms with Crippen molar-refractivity contribution in [2.24, 2.45) is 0 Å². The second-order valence-corrected chi connectivity index (χ2v) is 16.6. The molecule has 0 unspecified atom stereocenters. The third kappa shape index (κ3) is 5.43. The van der Waals surface area contributed by atoms with Crippen molar-refractivity contribution in [3.8, 4) is 55.6 Å². The van der Waals surface area contributed by atoms with Crippen molar-refractivity contribution in [1.82, 2.24) is 0 Å². The second-order valence-electron chi connectivity index (χ2n) is 16.6. The molecular weight excluding hydrogens is 761 g/mol. The maximum atomic E-state index is 7.13. The Morgan fingerprint density at radius 1 is 0.206 bits per heavy atom. The molecule has 0 N–H and O–H groups in total. The zero-order valence-corrected chi connectivity index (χ0v) is 34.3. The Balaban J connectivity index is 1.03. The molecule has 13 aromatic rings. The van der Waals surface area contributed by atoms with Gasteiger partial charge >= 0.3 is 0 Å². The Morgan fingerprint density at radius 3 is 1.14 bits per heavy atom. The Labute approximate surface area is 364 Å². The SMILES string of the molecule is c1ccc(-c2ccc(-c3c4ccccc4c(-c4ccc5c(c4)oc4c(-c6c7ccccc7c(-c7ccccc7)c7ccccc67)cccc45)c4ccccc34)c3ccccc23)cc1. The van der Waals surface area contributed by atoms with Crippen LogP contribution in [0.3, 0.4) is 0 Å². The highest BCUT2D eigenvalue weighted by Gasteiger charge is 2.22. The second kappa shape index (κ2) is 14.2. The van der Waals surface area contributed by atoms with E-state index in [4.69, 9.17) is 4.42 Å². The lowest BCUT2D eigenvalue weighted by molar-refractivity contribution is 0.670. The third-order valence-corrected chi connectivity index (χ3v) is 13.3. The first kappa shape index (κ1) is 35.5. The molecule has 63 heavy (non-hydrogen) atoms. The highest BCUT2D eigenvalue weighted by Crippen LogP contribution is 2.49. The summed E-state index contributed by atoms with van der Waals surface area (Å²) in [4.78, 5) is 0. The number of para-hydroxylation sites is 1. The van der Waals surface area contributed by atoms with Crippen molar-refractivity contribution in [1.29, 1.82) is 0 Å². The van der Waals surface area contributed by atoms with Crippen LogP contribution in [0.5, 0.6) is 0 Å². The van der Waals surface area contributed by atoms with Gasteiger partial charge in [0.2, 0.25) is 0 Å². The van der Waals surface area contributed by atoms with Crippen LogP contribution in [0, 0.1) is 0 Å². The van der Waals surface area contributed by atoms with Gasteiger partial charge in [-0.05, 0) is 111 Å². The van der Waals surface area contributed by atoms with Gasteiger partial charge in [0.05, 0.1) is 0 Å². The molecule has 13 rings (SSSR count). The normalized spacial score (nSPS) is 11.8. The van der Waals surface area contributed by atoms with E-state index in [2.05, 4.69) is 231 Å². The largest absolute Gasteiger partial charge is 0.455 e. The topological polar surface area (TPSA) is 13.1 Å². The van der Waals surface area contributed by atoms with Crippen molar-refractivity contribution < 1.29 is 4.42 Å². The summed E-state index contributed by atoms with van der Waals surface area (Å²) < 4.78 is 7.13. The van der Waals surface area contributed by atoms with Crippen LogP contribution in [0.15, 0.2) is 235 Å². The van der Waals surface area contributed by atoms with Gasteiger partial charge in [0.15, 0.2) is 0 Å². The number of fused-ring (bicyclic) bond motifs is 8. The van der Waals surface area contributed by atoms with Crippen LogP contribution >= 0.6 is 0 Å². The van der Waals surface area contributed by atoms with Gasteiger partial charge in [-0.15, -0.1) is 0 Å². The van der Waals surface area contributed by atoms with E-state index in [9.17, 15) is 0 Å². The zero-order valence-electron chi connectivity index (χ0n) is 34.3. The first-order valence-electron chi connectivity index (χ1n) is 21.8. The van der Waals surface area contributed by atoms with E-state index in [1.54, 1.807) is 0 Å². The maximum absolute atomic E-state index is 7.13. The number of benzene rings is 12. The Bertz CT molecular complexity index is 3840. The summed E-state index contributed by atoms with van der Waals surface area (Å²) in [6.07, 6.45) is 0. The highest BCUT2D eigenvalue weighted by atomic mass is 16.3. The van der Waals surface area contributed by atoms with E-state index in [1.807, 2.05) is 0 Å². The number of hydrogen-bond acceptors (Lipinski definition) is 1. The van der Waals surface area contributed by atoms with E-state index < -0.39 is 0 Å². The molecule has 1 heteroatoms. The standard InChI is InChI=1S/C62H38O/c1-3-18-39(19-4-1)42-36-37-54(44-23-8-7-22-43(42)44)60-50-28-13-11-26-48(50)59(49-27-12-14-29-51(49)60)41-34-35-45-55-32-17-33-56(62(55)63-57(45)38-41)61-52-30-15-9-24-46(52)58(40-20-5-2-6-21-40)47-25-10-16-31-53(47)61/h1-38H.